The third kappa shape index (κ3) is 3.46. The van der Waals surface area contributed by atoms with Crippen LogP contribution in [-0.4, -0.2) is 28.1 Å². The molecule has 1 aliphatic heterocycles. The van der Waals surface area contributed by atoms with Gasteiger partial charge in [0.15, 0.2) is 17.1 Å². The number of rotatable bonds is 5. The highest BCUT2D eigenvalue weighted by molar-refractivity contribution is 5.86. The number of fused-ring (bicyclic) bond motifs is 5. The average Bonchev–Trinajstić information content (AvgIpc) is 2.83. The summed E-state index contributed by atoms with van der Waals surface area (Å²) in [6.07, 6.45) is 3.89. The van der Waals surface area contributed by atoms with E-state index in [1.807, 2.05) is 24.3 Å². The van der Waals surface area contributed by atoms with Crippen LogP contribution < -0.4 is 29.5 Å². The number of quaternary nitrogens is 1. The Balaban J connectivity index is 1.50. The lowest BCUT2D eigenvalue weighted by Gasteiger charge is -2.27. The van der Waals surface area contributed by atoms with Gasteiger partial charge in [-0.15, -0.1) is 0 Å². The Kier molecular flexibility index (Phi) is 5.43. The molecule has 2 heterocycles. The van der Waals surface area contributed by atoms with Crippen LogP contribution in [0.4, 0.5) is 0 Å². The van der Waals surface area contributed by atoms with E-state index in [9.17, 15) is 4.79 Å². The highest BCUT2D eigenvalue weighted by Gasteiger charge is 2.28. The maximum atomic E-state index is 12.7. The summed E-state index contributed by atoms with van der Waals surface area (Å²) in [6, 6.07) is 7.99. The van der Waals surface area contributed by atoms with Crippen molar-refractivity contribution in [3.8, 4) is 23.0 Å². The van der Waals surface area contributed by atoms with Gasteiger partial charge < -0.3 is 23.4 Å². The molecule has 1 atom stereocenters. The molecule has 7 heteroatoms. The molecule has 0 radical (unpaired) electrons. The SMILES string of the molecule is COc1cc(C[NH+]2COc3ccc4c5c(c(=O)oc4c3C2)CCCC5)cc(OC)c1OC. The van der Waals surface area contributed by atoms with Crippen LogP contribution in [-0.2, 0) is 25.9 Å². The minimum absolute atomic E-state index is 0.197. The number of ether oxygens (including phenoxy) is 4. The second-order valence-corrected chi connectivity index (χ2v) is 8.40. The number of methoxy groups -OCH3 is 3. The molecule has 1 N–H and O–H groups in total. The molecule has 2 aliphatic rings. The fourth-order valence-corrected chi connectivity index (χ4v) is 4.97. The molecule has 1 aromatic heterocycles. The Bertz CT molecular complexity index is 1210. The highest BCUT2D eigenvalue weighted by Crippen LogP contribution is 2.38. The number of nitrogens with one attached hydrogen (secondary N) is 1. The molecule has 7 nitrogen and oxygen atoms in total. The van der Waals surface area contributed by atoms with Gasteiger partial charge in [0, 0.05) is 16.5 Å². The van der Waals surface area contributed by atoms with Crippen LogP contribution in [0.3, 0.4) is 0 Å². The molecule has 0 saturated carbocycles. The molecular formula is C25H28NO6+. The first kappa shape index (κ1) is 20.7. The van der Waals surface area contributed by atoms with Crippen molar-refractivity contribution in [3.05, 3.63) is 56.9 Å². The summed E-state index contributed by atoms with van der Waals surface area (Å²) < 4.78 is 28.3. The molecule has 0 spiro atoms. The quantitative estimate of drug-likeness (QED) is 0.618. The summed E-state index contributed by atoms with van der Waals surface area (Å²) in [5, 5.41) is 1.05. The van der Waals surface area contributed by atoms with Crippen LogP contribution in [0.25, 0.3) is 11.0 Å². The van der Waals surface area contributed by atoms with Crippen molar-refractivity contribution in [1.29, 1.82) is 0 Å². The van der Waals surface area contributed by atoms with Crippen molar-refractivity contribution < 1.29 is 28.3 Å². The van der Waals surface area contributed by atoms with E-state index in [0.29, 0.717) is 42.7 Å². The van der Waals surface area contributed by atoms with Crippen molar-refractivity contribution in [2.75, 3.05) is 28.1 Å². The first-order chi connectivity index (χ1) is 15.6. The first-order valence-corrected chi connectivity index (χ1v) is 11.0. The van der Waals surface area contributed by atoms with Crippen molar-refractivity contribution in [2.24, 2.45) is 0 Å². The Labute approximate surface area is 186 Å². The van der Waals surface area contributed by atoms with E-state index in [0.717, 1.165) is 59.1 Å². The molecule has 1 unspecified atom stereocenters. The van der Waals surface area contributed by atoms with Crippen LogP contribution in [0.15, 0.2) is 33.5 Å². The Morgan fingerprint density at radius 3 is 2.34 bits per heavy atom. The summed E-state index contributed by atoms with van der Waals surface area (Å²) >= 11 is 0. The maximum absolute atomic E-state index is 12.7. The largest absolute Gasteiger partial charge is 0.493 e. The van der Waals surface area contributed by atoms with Gasteiger partial charge in [-0.25, -0.2) is 4.79 Å². The van der Waals surface area contributed by atoms with Crippen molar-refractivity contribution in [1.82, 2.24) is 0 Å². The Morgan fingerprint density at radius 2 is 1.66 bits per heavy atom. The van der Waals surface area contributed by atoms with Gasteiger partial charge >= 0.3 is 5.63 Å². The number of hydrogen-bond donors (Lipinski definition) is 1. The third-order valence-electron chi connectivity index (χ3n) is 6.49. The maximum Gasteiger partial charge on any atom is 0.339 e. The fourth-order valence-electron chi connectivity index (χ4n) is 4.97. The van der Waals surface area contributed by atoms with Gasteiger partial charge in [0.2, 0.25) is 12.5 Å². The Morgan fingerprint density at radius 1 is 0.938 bits per heavy atom. The summed E-state index contributed by atoms with van der Waals surface area (Å²) in [5.41, 5.74) is 4.49. The van der Waals surface area contributed by atoms with Crippen LogP contribution in [0.5, 0.6) is 23.0 Å². The zero-order valence-electron chi connectivity index (χ0n) is 18.7. The summed E-state index contributed by atoms with van der Waals surface area (Å²) in [5.74, 6) is 2.63. The predicted octanol–water partition coefficient (Wildman–Crippen LogP) is 2.63. The number of hydrogen-bond acceptors (Lipinski definition) is 6. The number of aryl methyl sites for hydroxylation is 1. The zero-order chi connectivity index (χ0) is 22.2. The van der Waals surface area contributed by atoms with Gasteiger partial charge in [0.05, 0.1) is 26.9 Å². The molecule has 168 valence electrons. The predicted molar refractivity (Wildman–Crippen MR) is 119 cm³/mol. The van der Waals surface area contributed by atoms with Gasteiger partial charge in [-0.05, 0) is 55.5 Å². The second kappa shape index (κ2) is 8.39. The zero-order valence-corrected chi connectivity index (χ0v) is 18.7. The van der Waals surface area contributed by atoms with E-state index in [1.54, 1.807) is 21.3 Å². The minimum Gasteiger partial charge on any atom is -0.493 e. The lowest BCUT2D eigenvalue weighted by molar-refractivity contribution is -0.945. The van der Waals surface area contributed by atoms with E-state index >= 15 is 0 Å². The van der Waals surface area contributed by atoms with E-state index < -0.39 is 0 Å². The van der Waals surface area contributed by atoms with Crippen molar-refractivity contribution in [2.45, 2.75) is 38.8 Å². The summed E-state index contributed by atoms with van der Waals surface area (Å²) in [4.78, 5) is 13.9. The Hall–Kier alpha value is -3.19. The summed E-state index contributed by atoms with van der Waals surface area (Å²) in [6.45, 7) is 1.91. The number of benzene rings is 2. The van der Waals surface area contributed by atoms with E-state index in [-0.39, 0.29) is 5.63 Å². The fraction of sp³-hybridized carbons (Fsp3) is 0.400. The van der Waals surface area contributed by atoms with E-state index in [1.165, 1.54) is 4.90 Å². The van der Waals surface area contributed by atoms with Crippen molar-refractivity contribution in [3.63, 3.8) is 0 Å². The van der Waals surface area contributed by atoms with Crippen LogP contribution in [0, 0.1) is 0 Å². The smallest absolute Gasteiger partial charge is 0.339 e. The van der Waals surface area contributed by atoms with Gasteiger partial charge in [-0.1, -0.05) is 0 Å². The van der Waals surface area contributed by atoms with Gasteiger partial charge in [0.25, 0.3) is 0 Å². The van der Waals surface area contributed by atoms with Gasteiger partial charge in [-0.2, -0.15) is 0 Å². The lowest BCUT2D eigenvalue weighted by atomic mass is 9.90. The minimum atomic E-state index is -0.197. The van der Waals surface area contributed by atoms with E-state index in [2.05, 4.69) is 0 Å². The third-order valence-corrected chi connectivity index (χ3v) is 6.49. The molecule has 0 bridgehead atoms. The van der Waals surface area contributed by atoms with Crippen LogP contribution in [0.2, 0.25) is 0 Å². The van der Waals surface area contributed by atoms with Gasteiger partial charge in [-0.3, -0.25) is 4.90 Å². The molecule has 3 aromatic rings. The molecule has 5 rings (SSSR count). The second-order valence-electron chi connectivity index (χ2n) is 8.40. The lowest BCUT2D eigenvalue weighted by Crippen LogP contribution is -3.10. The highest BCUT2D eigenvalue weighted by atomic mass is 16.5. The standard InChI is InChI=1S/C25H27NO6/c1-28-21-10-15(11-22(29-2)24(21)30-3)12-26-13-19-20(31-14-26)9-8-17-16-6-4-5-7-18(16)25(27)32-23(17)19/h8-11H,4-7,12-14H2,1-3H3/p+1. The molecule has 0 fully saturated rings. The van der Waals surface area contributed by atoms with Crippen LogP contribution in [0.1, 0.15) is 35.1 Å². The molecule has 0 amide bonds. The molecule has 2 aromatic carbocycles. The topological polar surface area (TPSA) is 71.6 Å². The van der Waals surface area contributed by atoms with Crippen molar-refractivity contribution >= 4 is 11.0 Å². The average molecular weight is 439 g/mol. The monoisotopic (exact) mass is 438 g/mol. The first-order valence-electron chi connectivity index (χ1n) is 11.0. The molecule has 0 saturated heterocycles. The normalized spacial score (nSPS) is 17.3. The summed E-state index contributed by atoms with van der Waals surface area (Å²) in [7, 11) is 4.82. The van der Waals surface area contributed by atoms with E-state index in [4.69, 9.17) is 23.4 Å². The molecule has 1 aliphatic carbocycles. The molecular weight excluding hydrogens is 410 g/mol. The van der Waals surface area contributed by atoms with Gasteiger partial charge in [0.1, 0.15) is 18.8 Å². The molecule has 32 heavy (non-hydrogen) atoms. The van der Waals surface area contributed by atoms with Crippen LogP contribution >= 0.6 is 0 Å².